The van der Waals surface area contributed by atoms with Gasteiger partial charge >= 0.3 is 6.03 Å². The molecule has 2 aromatic carbocycles. The summed E-state index contributed by atoms with van der Waals surface area (Å²) in [6, 6.07) is 15.3. The average molecular weight is 531 g/mol. The maximum atomic E-state index is 12.9. The minimum Gasteiger partial charge on any atom is -0.378 e. The molecule has 1 unspecified atom stereocenters. The molecule has 0 saturated carbocycles. The van der Waals surface area contributed by atoms with Gasteiger partial charge < -0.3 is 25.6 Å². The Balaban J connectivity index is 1.61. The Hall–Kier alpha value is -3.77. The molecule has 1 atom stereocenters. The van der Waals surface area contributed by atoms with Crippen LogP contribution < -0.4 is 16.0 Å². The Bertz CT molecular complexity index is 1180. The van der Waals surface area contributed by atoms with Crippen molar-refractivity contribution in [1.29, 1.82) is 0 Å². The van der Waals surface area contributed by atoms with Crippen LogP contribution in [-0.4, -0.2) is 81.6 Å². The Labute approximate surface area is 215 Å². The highest BCUT2D eigenvalue weighted by Gasteiger charge is 2.30. The van der Waals surface area contributed by atoms with E-state index >= 15 is 0 Å². The van der Waals surface area contributed by atoms with Gasteiger partial charge in [0, 0.05) is 19.6 Å². The number of morpholine rings is 1. The molecule has 0 radical (unpaired) electrons. The maximum Gasteiger partial charge on any atom is 0.318 e. The molecule has 0 bridgehead atoms. The van der Waals surface area contributed by atoms with Crippen molar-refractivity contribution in [3.05, 3.63) is 71.8 Å². The van der Waals surface area contributed by atoms with Gasteiger partial charge in [-0.1, -0.05) is 60.7 Å². The van der Waals surface area contributed by atoms with Crippen LogP contribution in [0.2, 0.25) is 0 Å². The first-order valence-electron chi connectivity index (χ1n) is 11.7. The van der Waals surface area contributed by atoms with Crippen LogP contribution in [-0.2, 0) is 41.3 Å². The van der Waals surface area contributed by atoms with Crippen molar-refractivity contribution in [2.45, 2.75) is 18.3 Å². The van der Waals surface area contributed by atoms with Crippen LogP contribution in [0.15, 0.2) is 60.7 Å². The molecule has 1 aliphatic rings. The number of hydrogen-bond acceptors (Lipinski definition) is 7. The number of nitrogens with zero attached hydrogens (tertiary/aromatic N) is 1. The van der Waals surface area contributed by atoms with Gasteiger partial charge in [-0.25, -0.2) is 13.2 Å². The molecular weight excluding hydrogens is 500 g/mol. The number of ether oxygens (including phenoxy) is 1. The van der Waals surface area contributed by atoms with Gasteiger partial charge in [0.15, 0.2) is 9.84 Å². The summed E-state index contributed by atoms with van der Waals surface area (Å²) in [5, 5.41) is 7.21. The van der Waals surface area contributed by atoms with Gasteiger partial charge in [0.2, 0.25) is 11.7 Å². The number of sulfone groups is 1. The fraction of sp³-hybridized carbons (Fsp3) is 0.360. The lowest BCUT2D eigenvalue weighted by Crippen LogP contribution is -2.56. The molecule has 1 fully saturated rings. The van der Waals surface area contributed by atoms with Gasteiger partial charge in [-0.2, -0.15) is 0 Å². The van der Waals surface area contributed by atoms with Gasteiger partial charge in [-0.05, 0) is 11.1 Å². The number of hydrogen-bond donors (Lipinski definition) is 3. The van der Waals surface area contributed by atoms with E-state index in [-0.39, 0.29) is 25.4 Å². The average Bonchev–Trinajstić information content (AvgIpc) is 2.91. The van der Waals surface area contributed by atoms with Crippen LogP contribution in [0.4, 0.5) is 4.79 Å². The highest BCUT2D eigenvalue weighted by Crippen LogP contribution is 2.08. The van der Waals surface area contributed by atoms with Crippen molar-refractivity contribution in [2.75, 3.05) is 38.6 Å². The van der Waals surface area contributed by atoms with E-state index in [0.717, 1.165) is 5.56 Å². The first-order chi connectivity index (χ1) is 17.7. The summed E-state index contributed by atoms with van der Waals surface area (Å²) in [6.07, 6.45) is 0. The molecule has 12 heteroatoms. The zero-order valence-electron chi connectivity index (χ0n) is 20.2. The quantitative estimate of drug-likeness (QED) is 0.346. The van der Waals surface area contributed by atoms with Crippen molar-refractivity contribution < 1.29 is 32.3 Å². The Kier molecular flexibility index (Phi) is 10.2. The Morgan fingerprint density at radius 2 is 1.46 bits per heavy atom. The number of nitrogens with one attached hydrogen (secondary N) is 3. The van der Waals surface area contributed by atoms with E-state index in [9.17, 15) is 27.6 Å². The van der Waals surface area contributed by atoms with E-state index in [0.29, 0.717) is 18.8 Å². The molecule has 11 nitrogen and oxygen atoms in total. The summed E-state index contributed by atoms with van der Waals surface area (Å²) in [4.78, 5) is 51.3. The second-order valence-electron chi connectivity index (χ2n) is 8.45. The largest absolute Gasteiger partial charge is 0.378 e. The van der Waals surface area contributed by atoms with Crippen molar-refractivity contribution >= 4 is 33.5 Å². The Morgan fingerprint density at radius 1 is 0.865 bits per heavy atom. The van der Waals surface area contributed by atoms with Gasteiger partial charge in [0.1, 0.15) is 6.04 Å². The van der Waals surface area contributed by atoms with Crippen molar-refractivity contribution in [3.8, 4) is 0 Å². The number of carbonyl (C=O) groups excluding carboxylic acids is 4. The smallest absolute Gasteiger partial charge is 0.318 e. The van der Waals surface area contributed by atoms with Gasteiger partial charge in [-0.15, -0.1) is 0 Å². The van der Waals surface area contributed by atoms with E-state index < -0.39 is 51.8 Å². The molecule has 1 saturated heterocycles. The maximum absolute atomic E-state index is 12.9. The number of carbonyl (C=O) groups is 4. The van der Waals surface area contributed by atoms with Crippen LogP contribution in [0.3, 0.4) is 0 Å². The zero-order valence-corrected chi connectivity index (χ0v) is 21.0. The fourth-order valence-electron chi connectivity index (χ4n) is 3.58. The van der Waals surface area contributed by atoms with Crippen LogP contribution in [0, 0.1) is 0 Å². The molecule has 198 valence electrons. The van der Waals surface area contributed by atoms with Crippen LogP contribution in [0.1, 0.15) is 11.1 Å². The molecule has 4 amide bonds. The SMILES string of the molecule is O=C(CNC(=O)C(CS(=O)(=O)Cc1ccccc1)NC(=O)N1CCOCC1)C(=O)NCc1ccccc1. The summed E-state index contributed by atoms with van der Waals surface area (Å²) in [6.45, 7) is 0.706. The van der Waals surface area contributed by atoms with Crippen LogP contribution >= 0.6 is 0 Å². The number of rotatable bonds is 11. The minimum absolute atomic E-state index is 0.134. The standard InChI is InChI=1S/C25H30N4O7S/c30-22(24(32)26-15-19-7-3-1-4-8-19)16-27-23(31)21(28-25(33)29-11-13-36-14-12-29)18-37(34,35)17-20-9-5-2-6-10-20/h1-10,21H,11-18H2,(H,26,32)(H,27,31)(H,28,33). The minimum atomic E-state index is -3.83. The molecule has 1 aliphatic heterocycles. The third-order valence-corrected chi connectivity index (χ3v) is 7.15. The molecule has 1 heterocycles. The number of Topliss-reactive ketones (excluding diaryl/α,β-unsaturated/α-hetero) is 1. The summed E-state index contributed by atoms with van der Waals surface area (Å²) in [5.41, 5.74) is 1.33. The lowest BCUT2D eigenvalue weighted by molar-refractivity contribution is -0.138. The number of amides is 4. The summed E-state index contributed by atoms with van der Waals surface area (Å²) < 4.78 is 30.9. The zero-order chi connectivity index (χ0) is 26.7. The van der Waals surface area contributed by atoms with E-state index in [4.69, 9.17) is 4.74 Å². The van der Waals surface area contributed by atoms with E-state index in [1.807, 2.05) is 6.07 Å². The number of urea groups is 1. The second-order valence-corrected chi connectivity index (χ2v) is 10.6. The highest BCUT2D eigenvalue weighted by atomic mass is 32.2. The number of benzene rings is 2. The first-order valence-corrected chi connectivity index (χ1v) is 13.6. The summed E-state index contributed by atoms with van der Waals surface area (Å²) in [7, 11) is -3.83. The molecule has 3 N–H and O–H groups in total. The molecule has 2 aromatic rings. The molecule has 0 spiro atoms. The molecule has 0 aliphatic carbocycles. The third kappa shape index (κ3) is 9.32. The topological polar surface area (TPSA) is 151 Å². The third-order valence-electron chi connectivity index (χ3n) is 5.53. The predicted octanol–water partition coefficient (Wildman–Crippen LogP) is 0.0135. The van der Waals surface area contributed by atoms with Gasteiger partial charge in [0.25, 0.3) is 5.91 Å². The Morgan fingerprint density at radius 3 is 2.08 bits per heavy atom. The van der Waals surface area contributed by atoms with Crippen molar-refractivity contribution in [2.24, 2.45) is 0 Å². The lowest BCUT2D eigenvalue weighted by Gasteiger charge is -2.29. The molecule has 0 aromatic heterocycles. The van der Waals surface area contributed by atoms with Gasteiger partial charge in [-0.3, -0.25) is 14.4 Å². The summed E-state index contributed by atoms with van der Waals surface area (Å²) >= 11 is 0. The second kappa shape index (κ2) is 13.5. The van der Waals surface area contributed by atoms with E-state index in [1.165, 1.54) is 4.90 Å². The van der Waals surface area contributed by atoms with E-state index in [2.05, 4.69) is 16.0 Å². The predicted molar refractivity (Wildman–Crippen MR) is 135 cm³/mol. The molecule has 3 rings (SSSR count). The van der Waals surface area contributed by atoms with E-state index in [1.54, 1.807) is 54.6 Å². The molecule has 37 heavy (non-hydrogen) atoms. The van der Waals surface area contributed by atoms with Gasteiger partial charge in [0.05, 0.1) is 31.3 Å². The lowest BCUT2D eigenvalue weighted by atomic mass is 10.2. The van der Waals surface area contributed by atoms with Crippen LogP contribution in [0.25, 0.3) is 0 Å². The molecular formula is C25H30N4O7S. The van der Waals surface area contributed by atoms with Crippen molar-refractivity contribution in [3.63, 3.8) is 0 Å². The highest BCUT2D eigenvalue weighted by molar-refractivity contribution is 7.90. The summed E-state index contributed by atoms with van der Waals surface area (Å²) in [5.74, 6) is -3.70. The first kappa shape index (κ1) is 27.8. The fourth-order valence-corrected chi connectivity index (χ4v) is 5.14. The normalized spacial score (nSPS) is 14.3. The number of ketones is 1. The van der Waals surface area contributed by atoms with Crippen LogP contribution in [0.5, 0.6) is 0 Å². The van der Waals surface area contributed by atoms with Crippen molar-refractivity contribution in [1.82, 2.24) is 20.9 Å². The monoisotopic (exact) mass is 530 g/mol.